The van der Waals surface area contributed by atoms with Crippen molar-refractivity contribution >= 4 is 44.0 Å². The summed E-state index contributed by atoms with van der Waals surface area (Å²) in [7, 11) is -2.56. The Morgan fingerprint density at radius 1 is 0.886 bits per heavy atom. The van der Waals surface area contributed by atoms with E-state index in [1.54, 1.807) is 11.3 Å². The summed E-state index contributed by atoms with van der Waals surface area (Å²) in [5.74, 6) is 0.624. The van der Waals surface area contributed by atoms with Crippen LogP contribution in [0.2, 0.25) is 36.3 Å². The molecule has 1 aliphatic rings. The minimum Gasteiger partial charge on any atom is -0.469 e. The van der Waals surface area contributed by atoms with Crippen molar-refractivity contribution in [2.45, 2.75) is 154 Å². The van der Waals surface area contributed by atoms with E-state index in [0.717, 1.165) is 56.2 Å². The molecule has 1 heterocycles. The van der Waals surface area contributed by atoms with Crippen LogP contribution in [-0.4, -0.2) is 47.0 Å². The maximum Gasteiger partial charge on any atom is 0.305 e. The number of thiophene rings is 1. The molecule has 0 amide bonds. The number of carbonyl (C=O) groups is 1. The third kappa shape index (κ3) is 9.74. The van der Waals surface area contributed by atoms with E-state index < -0.39 is 22.7 Å². The molecular weight excluding hydrogens is 601 g/mol. The van der Waals surface area contributed by atoms with Crippen molar-refractivity contribution in [3.63, 3.8) is 0 Å². The van der Waals surface area contributed by atoms with Crippen LogP contribution < -0.4 is 0 Å². The van der Waals surface area contributed by atoms with Gasteiger partial charge in [-0.3, -0.25) is 4.79 Å². The van der Waals surface area contributed by atoms with Gasteiger partial charge < -0.3 is 18.7 Å². The van der Waals surface area contributed by atoms with Gasteiger partial charge in [0.25, 0.3) is 0 Å². The fourth-order valence-corrected chi connectivity index (χ4v) is 9.92. The summed E-state index contributed by atoms with van der Waals surface area (Å²) in [6.45, 7) is 23.4. The predicted octanol–water partition coefficient (Wildman–Crippen LogP) is 10.6. The lowest BCUT2D eigenvalue weighted by Crippen LogP contribution is -2.45. The van der Waals surface area contributed by atoms with Gasteiger partial charge >= 0.3 is 5.97 Å². The van der Waals surface area contributed by atoms with Crippen LogP contribution in [-0.2, 0) is 18.4 Å². The first-order chi connectivity index (χ1) is 20.4. The van der Waals surface area contributed by atoms with E-state index in [-0.39, 0.29) is 28.3 Å². The molecule has 1 aromatic heterocycles. The largest absolute Gasteiger partial charge is 0.469 e. The number of ether oxygens (including phenoxy) is 1. The number of rotatable bonds is 15. The van der Waals surface area contributed by atoms with E-state index >= 15 is 0 Å². The molecule has 1 saturated carbocycles. The molecule has 1 aliphatic carbocycles. The van der Waals surface area contributed by atoms with Crippen LogP contribution in [0.3, 0.4) is 0 Å². The third-order valence-corrected chi connectivity index (χ3v) is 21.1. The second-order valence-corrected chi connectivity index (χ2v) is 26.8. The Kier molecular flexibility index (Phi) is 13.0. The lowest BCUT2D eigenvalue weighted by molar-refractivity contribution is -0.140. The van der Waals surface area contributed by atoms with E-state index in [0.29, 0.717) is 18.3 Å². The van der Waals surface area contributed by atoms with Crippen LogP contribution in [0, 0.1) is 11.8 Å². The van der Waals surface area contributed by atoms with Crippen molar-refractivity contribution in [2.24, 2.45) is 11.8 Å². The highest BCUT2D eigenvalue weighted by molar-refractivity contribution is 7.19. The number of carbonyl (C=O) groups excluding carboxylic acids is 1. The van der Waals surface area contributed by atoms with Gasteiger partial charge in [-0.1, -0.05) is 79.0 Å². The molecule has 1 aromatic carbocycles. The van der Waals surface area contributed by atoms with Gasteiger partial charge in [-0.05, 0) is 97.7 Å². The zero-order valence-corrected chi connectivity index (χ0v) is 32.4. The number of hydrogen-bond donors (Lipinski definition) is 1. The predicted molar refractivity (Wildman–Crippen MR) is 191 cm³/mol. The minimum atomic E-state index is -2.02. The van der Waals surface area contributed by atoms with Crippen molar-refractivity contribution in [3.05, 3.63) is 35.2 Å². The Bertz CT molecular complexity index is 1160. The fourth-order valence-electron chi connectivity index (χ4n) is 6.08. The molecule has 0 spiro atoms. The number of hydrogen-bond acceptors (Lipinski definition) is 6. The maximum absolute atomic E-state index is 11.6. The Balaban J connectivity index is 1.84. The molecule has 44 heavy (non-hydrogen) atoms. The number of esters is 1. The highest BCUT2D eigenvalue weighted by Crippen LogP contribution is 2.49. The topological polar surface area (TPSA) is 65.0 Å². The smallest absolute Gasteiger partial charge is 0.305 e. The average Bonchev–Trinajstić information content (AvgIpc) is 3.48. The summed E-state index contributed by atoms with van der Waals surface area (Å²) in [6.07, 6.45) is 8.17. The lowest BCUT2D eigenvalue weighted by Gasteiger charge is -2.40. The maximum atomic E-state index is 11.6. The van der Waals surface area contributed by atoms with Crippen molar-refractivity contribution in [1.82, 2.24) is 0 Å². The van der Waals surface area contributed by atoms with Gasteiger partial charge in [0.2, 0.25) is 0 Å². The molecular formula is C36H62O5SSi2. The molecule has 1 N–H and O–H groups in total. The van der Waals surface area contributed by atoms with Gasteiger partial charge in [0.15, 0.2) is 16.6 Å². The van der Waals surface area contributed by atoms with Gasteiger partial charge in [-0.25, -0.2) is 0 Å². The molecule has 0 radical (unpaired) electrons. The van der Waals surface area contributed by atoms with Gasteiger partial charge in [0, 0.05) is 16.0 Å². The molecule has 3 rings (SSSR count). The monoisotopic (exact) mass is 662 g/mol. The zero-order valence-electron chi connectivity index (χ0n) is 29.6. The second-order valence-electron chi connectivity index (χ2n) is 16.2. The van der Waals surface area contributed by atoms with E-state index in [2.05, 4.69) is 98.1 Å². The Hall–Kier alpha value is -1.04. The van der Waals surface area contributed by atoms with E-state index in [1.165, 1.54) is 17.2 Å². The quantitative estimate of drug-likeness (QED) is 0.117. The number of aliphatic hydroxyl groups excluding tert-OH is 1. The van der Waals surface area contributed by atoms with Gasteiger partial charge in [-0.15, -0.1) is 11.3 Å². The average molecular weight is 663 g/mol. The van der Waals surface area contributed by atoms with Crippen molar-refractivity contribution in [2.75, 3.05) is 7.11 Å². The van der Waals surface area contributed by atoms with Gasteiger partial charge in [-0.2, -0.15) is 0 Å². The lowest BCUT2D eigenvalue weighted by atomic mass is 9.84. The molecule has 250 valence electrons. The molecule has 8 heteroatoms. The number of unbranched alkanes of at least 4 members (excludes halogenated alkanes) is 3. The first kappa shape index (κ1) is 37.4. The molecule has 2 aromatic rings. The van der Waals surface area contributed by atoms with Crippen LogP contribution in [0.4, 0.5) is 0 Å². The Morgan fingerprint density at radius 3 is 1.98 bits per heavy atom. The van der Waals surface area contributed by atoms with Crippen molar-refractivity contribution < 1.29 is 23.5 Å². The van der Waals surface area contributed by atoms with Crippen LogP contribution in [0.1, 0.15) is 110 Å². The van der Waals surface area contributed by atoms with Gasteiger partial charge in [0.05, 0.1) is 25.4 Å². The molecule has 1 fully saturated rings. The molecule has 0 aliphatic heterocycles. The zero-order chi connectivity index (χ0) is 32.9. The number of methoxy groups -OCH3 is 1. The normalized spacial score (nSPS) is 22.5. The summed E-state index contributed by atoms with van der Waals surface area (Å²) < 4.78 is 20.6. The highest BCUT2D eigenvalue weighted by Gasteiger charge is 2.51. The van der Waals surface area contributed by atoms with Crippen molar-refractivity contribution in [1.29, 1.82) is 0 Å². The van der Waals surface area contributed by atoms with Crippen LogP contribution >= 0.6 is 11.3 Å². The van der Waals surface area contributed by atoms with Crippen LogP contribution in [0.15, 0.2) is 30.3 Å². The summed E-state index contributed by atoms with van der Waals surface area (Å²) in [6, 6.07) is 10.6. The minimum absolute atomic E-state index is 0.119. The van der Waals surface area contributed by atoms with Crippen LogP contribution in [0.25, 0.3) is 10.1 Å². The Morgan fingerprint density at radius 2 is 1.43 bits per heavy atom. The second kappa shape index (κ2) is 15.2. The molecule has 5 unspecified atom stereocenters. The summed E-state index contributed by atoms with van der Waals surface area (Å²) >= 11 is 1.71. The Labute approximate surface area is 274 Å². The highest BCUT2D eigenvalue weighted by atomic mass is 32.1. The molecule has 5 nitrogen and oxygen atoms in total. The molecule has 0 bridgehead atoms. The van der Waals surface area contributed by atoms with Crippen LogP contribution in [0.5, 0.6) is 0 Å². The first-order valence-electron chi connectivity index (χ1n) is 17.0. The van der Waals surface area contributed by atoms with E-state index in [4.69, 9.17) is 13.6 Å². The van der Waals surface area contributed by atoms with E-state index in [9.17, 15) is 9.90 Å². The summed E-state index contributed by atoms with van der Waals surface area (Å²) in [5.41, 5.74) is 0. The number of aliphatic hydroxyl groups is 1. The first-order valence-corrected chi connectivity index (χ1v) is 23.6. The molecule has 5 atom stereocenters. The summed E-state index contributed by atoms with van der Waals surface area (Å²) in [4.78, 5) is 12.6. The fraction of sp³-hybridized carbons (Fsp3) is 0.750. The van der Waals surface area contributed by atoms with E-state index in [1.807, 2.05) is 0 Å². The molecule has 0 saturated heterocycles. The van der Waals surface area contributed by atoms with Crippen molar-refractivity contribution in [3.8, 4) is 0 Å². The third-order valence-electron chi connectivity index (χ3n) is 10.9. The standard InChI is InChI=1S/C36H62O5SSi2/c1-35(2,3)43(8,9)40-30-25-31(41-44(10,11)36(4,5)6)28(27(30)19-14-12-13-15-21-34(38)39-7)22-23-29(37)33-24-26-18-16-17-20-32(26)42-33/h16-18,20,24,27-31,37H,12-15,19,21-23,25H2,1-11H3. The number of fused-ring (bicyclic) bond motifs is 1. The summed E-state index contributed by atoms with van der Waals surface area (Å²) in [5, 5.41) is 12.9. The SMILES string of the molecule is COC(=O)CCCCCCC1C(O[Si](C)(C)C(C)(C)C)CC(O[Si](C)(C)C(C)(C)C)C1CCC(O)c1cc2ccccc2s1. The number of benzene rings is 1. The van der Waals surface area contributed by atoms with Gasteiger partial charge in [0.1, 0.15) is 0 Å².